The number of nitrogens with zero attached hydrogens (tertiary/aromatic N) is 2. The van der Waals surface area contributed by atoms with Gasteiger partial charge in [-0.05, 0) is 80.3 Å². The molecule has 172 valence electrons. The zero-order valence-electron chi connectivity index (χ0n) is 18.7. The maximum atomic E-state index is 13.2. The lowest BCUT2D eigenvalue weighted by Crippen LogP contribution is -2.40. The van der Waals surface area contributed by atoms with Gasteiger partial charge < -0.3 is 5.32 Å². The number of halogens is 2. The van der Waals surface area contributed by atoms with Crippen LogP contribution >= 0.6 is 23.2 Å². The van der Waals surface area contributed by atoms with E-state index >= 15 is 0 Å². The molecular weight excluding hydrogens is 453 g/mol. The Balaban J connectivity index is 1.53. The SMILES string of the molecule is O=C(NC1CCC1)c1nn(Cc2ccc(Cl)cc2)c2c1CCCCC2Cc1cccc(Cl)c1. The summed E-state index contributed by atoms with van der Waals surface area (Å²) in [5.74, 6) is 0.278. The first-order valence-corrected chi connectivity index (χ1v) is 12.7. The summed E-state index contributed by atoms with van der Waals surface area (Å²) in [6.45, 7) is 0.627. The van der Waals surface area contributed by atoms with Gasteiger partial charge in [0, 0.05) is 33.3 Å². The zero-order chi connectivity index (χ0) is 22.8. The lowest BCUT2D eigenvalue weighted by Gasteiger charge is -2.26. The van der Waals surface area contributed by atoms with E-state index in [0.29, 0.717) is 24.2 Å². The quantitative estimate of drug-likeness (QED) is 0.404. The van der Waals surface area contributed by atoms with Crippen LogP contribution in [0.15, 0.2) is 48.5 Å². The van der Waals surface area contributed by atoms with Gasteiger partial charge in [0.25, 0.3) is 5.91 Å². The van der Waals surface area contributed by atoms with Crippen molar-refractivity contribution in [2.45, 2.75) is 69.9 Å². The van der Waals surface area contributed by atoms with Crippen LogP contribution in [0.1, 0.15) is 77.3 Å². The highest BCUT2D eigenvalue weighted by Gasteiger charge is 2.31. The summed E-state index contributed by atoms with van der Waals surface area (Å²) >= 11 is 12.4. The Morgan fingerprint density at radius 1 is 0.970 bits per heavy atom. The van der Waals surface area contributed by atoms with Gasteiger partial charge in [0.05, 0.1) is 6.54 Å². The van der Waals surface area contributed by atoms with Crippen molar-refractivity contribution < 1.29 is 4.79 Å². The monoisotopic (exact) mass is 481 g/mol. The molecule has 6 heteroatoms. The fraction of sp³-hybridized carbons (Fsp3) is 0.407. The zero-order valence-corrected chi connectivity index (χ0v) is 20.2. The molecule has 33 heavy (non-hydrogen) atoms. The summed E-state index contributed by atoms with van der Waals surface area (Å²) in [5.41, 5.74) is 5.30. The molecule has 4 nitrogen and oxygen atoms in total. The molecular formula is C27H29Cl2N3O. The summed E-state index contributed by atoms with van der Waals surface area (Å²) in [6, 6.07) is 16.3. The Hall–Kier alpha value is -2.30. The average Bonchev–Trinajstić information content (AvgIpc) is 2.99. The molecule has 3 aromatic rings. The highest BCUT2D eigenvalue weighted by molar-refractivity contribution is 6.30. The van der Waals surface area contributed by atoms with Gasteiger partial charge in [-0.3, -0.25) is 9.48 Å². The van der Waals surface area contributed by atoms with Crippen LogP contribution in [0.5, 0.6) is 0 Å². The minimum absolute atomic E-state index is 0.0192. The van der Waals surface area contributed by atoms with Gasteiger partial charge in [-0.15, -0.1) is 0 Å². The minimum atomic E-state index is -0.0192. The predicted molar refractivity (Wildman–Crippen MR) is 133 cm³/mol. The molecule has 0 bridgehead atoms. The van der Waals surface area contributed by atoms with Crippen LogP contribution < -0.4 is 5.32 Å². The van der Waals surface area contributed by atoms with Gasteiger partial charge >= 0.3 is 0 Å². The van der Waals surface area contributed by atoms with Crippen LogP contribution in [0.25, 0.3) is 0 Å². The molecule has 5 rings (SSSR count). The topological polar surface area (TPSA) is 46.9 Å². The van der Waals surface area contributed by atoms with Crippen molar-refractivity contribution >= 4 is 29.1 Å². The van der Waals surface area contributed by atoms with E-state index in [4.69, 9.17) is 28.3 Å². The van der Waals surface area contributed by atoms with Gasteiger partial charge in [0.1, 0.15) is 0 Å². The second kappa shape index (κ2) is 9.90. The van der Waals surface area contributed by atoms with Crippen LogP contribution in [0.2, 0.25) is 10.0 Å². The summed E-state index contributed by atoms with van der Waals surface area (Å²) < 4.78 is 2.08. The van der Waals surface area contributed by atoms with E-state index in [9.17, 15) is 4.79 Å². The molecule has 1 atom stereocenters. The number of benzene rings is 2. The molecule has 2 aliphatic carbocycles. The smallest absolute Gasteiger partial charge is 0.272 e. The number of hydrogen-bond acceptors (Lipinski definition) is 2. The lowest BCUT2D eigenvalue weighted by atomic mass is 9.90. The Morgan fingerprint density at radius 3 is 2.52 bits per heavy atom. The molecule has 2 aliphatic rings. The van der Waals surface area contributed by atoms with Gasteiger partial charge in [-0.2, -0.15) is 5.10 Å². The maximum absolute atomic E-state index is 13.2. The molecule has 1 amide bonds. The van der Waals surface area contributed by atoms with E-state index in [-0.39, 0.29) is 5.91 Å². The molecule has 1 saturated carbocycles. The van der Waals surface area contributed by atoms with Gasteiger partial charge in [0.2, 0.25) is 0 Å². The predicted octanol–water partition coefficient (Wildman–Crippen LogP) is 6.57. The van der Waals surface area contributed by atoms with Gasteiger partial charge in [0.15, 0.2) is 5.69 Å². The van der Waals surface area contributed by atoms with Crippen molar-refractivity contribution in [3.63, 3.8) is 0 Å². The normalized spacial score (nSPS) is 18.3. The Kier molecular flexibility index (Phi) is 6.75. The third-order valence-corrected chi connectivity index (χ3v) is 7.47. The molecule has 1 aromatic heterocycles. The highest BCUT2D eigenvalue weighted by Crippen LogP contribution is 2.36. The average molecular weight is 482 g/mol. The molecule has 0 radical (unpaired) electrons. The van der Waals surface area contributed by atoms with Gasteiger partial charge in [-0.1, -0.05) is 53.9 Å². The Labute approximate surface area is 205 Å². The van der Waals surface area contributed by atoms with Crippen LogP contribution in [-0.4, -0.2) is 21.7 Å². The largest absolute Gasteiger partial charge is 0.348 e. The number of rotatable bonds is 6. The van der Waals surface area contributed by atoms with Crippen molar-refractivity contribution in [1.82, 2.24) is 15.1 Å². The molecule has 0 spiro atoms. The third-order valence-electron chi connectivity index (χ3n) is 6.98. The van der Waals surface area contributed by atoms with Crippen molar-refractivity contribution in [1.29, 1.82) is 0 Å². The van der Waals surface area contributed by atoms with Crippen molar-refractivity contribution in [2.24, 2.45) is 0 Å². The van der Waals surface area contributed by atoms with Crippen LogP contribution in [0, 0.1) is 0 Å². The number of carbonyl (C=O) groups excluding carboxylic acids is 1. The number of fused-ring (bicyclic) bond motifs is 1. The van der Waals surface area contributed by atoms with Crippen LogP contribution in [-0.2, 0) is 19.4 Å². The fourth-order valence-corrected chi connectivity index (χ4v) is 5.40. The molecule has 0 aliphatic heterocycles. The Bertz CT molecular complexity index is 1130. The second-order valence-electron chi connectivity index (χ2n) is 9.37. The second-order valence-corrected chi connectivity index (χ2v) is 10.2. The number of hydrogen-bond donors (Lipinski definition) is 1. The molecule has 2 aromatic carbocycles. The summed E-state index contributed by atoms with van der Waals surface area (Å²) in [4.78, 5) is 13.2. The van der Waals surface area contributed by atoms with Crippen molar-refractivity contribution in [3.05, 3.63) is 86.7 Å². The third kappa shape index (κ3) is 5.12. The minimum Gasteiger partial charge on any atom is -0.348 e. The molecule has 1 N–H and O–H groups in total. The highest BCUT2D eigenvalue weighted by atomic mass is 35.5. The lowest BCUT2D eigenvalue weighted by molar-refractivity contribution is 0.0910. The summed E-state index contributed by atoms with van der Waals surface area (Å²) in [6.07, 6.45) is 8.41. The molecule has 0 saturated heterocycles. The fourth-order valence-electron chi connectivity index (χ4n) is 5.06. The number of aromatic nitrogens is 2. The van der Waals surface area contributed by atoms with E-state index in [1.807, 2.05) is 36.4 Å². The van der Waals surface area contributed by atoms with E-state index in [0.717, 1.165) is 66.1 Å². The number of nitrogens with one attached hydrogen (secondary N) is 1. The van der Waals surface area contributed by atoms with E-state index < -0.39 is 0 Å². The molecule has 1 fully saturated rings. The van der Waals surface area contributed by atoms with Crippen LogP contribution in [0.3, 0.4) is 0 Å². The number of carbonyl (C=O) groups is 1. The first kappa shape index (κ1) is 22.5. The first-order valence-electron chi connectivity index (χ1n) is 12.0. The van der Waals surface area contributed by atoms with Crippen molar-refractivity contribution in [3.8, 4) is 0 Å². The molecule has 1 heterocycles. The summed E-state index contributed by atoms with van der Waals surface area (Å²) in [7, 11) is 0. The van der Waals surface area contributed by atoms with Crippen LogP contribution in [0.4, 0.5) is 0 Å². The van der Waals surface area contributed by atoms with E-state index in [2.05, 4.69) is 22.1 Å². The molecule has 1 unspecified atom stereocenters. The first-order chi connectivity index (χ1) is 16.1. The summed E-state index contributed by atoms with van der Waals surface area (Å²) in [5, 5.41) is 9.61. The van der Waals surface area contributed by atoms with Crippen molar-refractivity contribution in [2.75, 3.05) is 0 Å². The van der Waals surface area contributed by atoms with E-state index in [1.165, 1.54) is 17.7 Å². The number of amides is 1. The van der Waals surface area contributed by atoms with Gasteiger partial charge in [-0.25, -0.2) is 0 Å². The maximum Gasteiger partial charge on any atom is 0.272 e. The van der Waals surface area contributed by atoms with E-state index in [1.54, 1.807) is 0 Å². The Morgan fingerprint density at radius 2 is 1.79 bits per heavy atom. The standard InChI is InChI=1S/C27H29Cl2N3O/c28-21-13-11-18(12-14-21)17-32-26-20(15-19-5-3-7-22(29)16-19)6-1-2-10-24(26)25(31-32)27(33)30-23-8-4-9-23/h3,5,7,11-14,16,20,23H,1-2,4,6,8-10,15,17H2,(H,30,33).